The molecule has 0 bridgehead atoms. The topological polar surface area (TPSA) is 87.1 Å². The Hall–Kier alpha value is -4.06. The van der Waals surface area contributed by atoms with Gasteiger partial charge in [-0.1, -0.05) is 56.2 Å². The molecule has 4 rings (SSSR count). The maximum absolute atomic E-state index is 13.2. The molecule has 1 unspecified atom stereocenters. The predicted molar refractivity (Wildman–Crippen MR) is 136 cm³/mol. The van der Waals surface area contributed by atoms with Crippen molar-refractivity contribution in [1.82, 2.24) is 0 Å². The Balaban J connectivity index is 1.77. The van der Waals surface area contributed by atoms with Gasteiger partial charge in [-0.2, -0.15) is 0 Å². The largest absolute Gasteiger partial charge is 0.507 e. The zero-order valence-corrected chi connectivity index (χ0v) is 19.9. The first-order chi connectivity index (χ1) is 16.9. The van der Waals surface area contributed by atoms with Crippen molar-refractivity contribution in [3.05, 3.63) is 95.1 Å². The third-order valence-corrected chi connectivity index (χ3v) is 6.09. The van der Waals surface area contributed by atoms with E-state index in [1.165, 1.54) is 11.0 Å². The van der Waals surface area contributed by atoms with Gasteiger partial charge in [-0.15, -0.1) is 0 Å². The number of carbonyl (C=O) groups excluding carboxylic acids is 2. The number of nitrogens with zero attached hydrogens (tertiary/aromatic N) is 1. The number of aliphatic hydroxyl groups excluding tert-OH is 1. The number of unbranched alkanes of at least 4 members (excludes halogenated alkanes) is 2. The molecule has 1 aliphatic rings. The Morgan fingerprint density at radius 3 is 2.37 bits per heavy atom. The lowest BCUT2D eigenvalue weighted by atomic mass is 9.95. The van der Waals surface area contributed by atoms with E-state index in [0.29, 0.717) is 23.5 Å². The Morgan fingerprint density at radius 2 is 1.69 bits per heavy atom. The van der Waals surface area contributed by atoms with Crippen LogP contribution in [0.5, 0.6) is 11.5 Å². The van der Waals surface area contributed by atoms with E-state index in [4.69, 9.17) is 4.74 Å². The maximum Gasteiger partial charge on any atom is 0.300 e. The molecule has 1 saturated heterocycles. The second-order valence-electron chi connectivity index (χ2n) is 8.65. The molecule has 6 heteroatoms. The fourth-order valence-electron chi connectivity index (χ4n) is 4.26. The SMILES string of the molecule is CCCCCOc1ccc(/C(O)=C2\C(=O)C(=O)N(c3cc(C)ccc3O)C2c2ccccc2)cc1. The monoisotopic (exact) mass is 471 g/mol. The summed E-state index contributed by atoms with van der Waals surface area (Å²) in [5.41, 5.74) is 2.05. The van der Waals surface area contributed by atoms with Crippen molar-refractivity contribution in [3.63, 3.8) is 0 Å². The zero-order valence-electron chi connectivity index (χ0n) is 19.9. The van der Waals surface area contributed by atoms with Crippen LogP contribution in [0.1, 0.15) is 48.9 Å². The van der Waals surface area contributed by atoms with Crippen LogP contribution in [0.15, 0.2) is 78.4 Å². The number of rotatable bonds is 8. The molecule has 2 N–H and O–H groups in total. The lowest BCUT2D eigenvalue weighted by molar-refractivity contribution is -0.132. The first-order valence-corrected chi connectivity index (χ1v) is 11.8. The number of ketones is 1. The van der Waals surface area contributed by atoms with Crippen LogP contribution in [0.3, 0.4) is 0 Å². The summed E-state index contributed by atoms with van der Waals surface area (Å²) in [7, 11) is 0. The number of anilines is 1. The minimum atomic E-state index is -0.895. The van der Waals surface area contributed by atoms with E-state index in [1.807, 2.05) is 13.0 Å². The molecule has 1 heterocycles. The molecule has 0 aromatic heterocycles. The van der Waals surface area contributed by atoms with Crippen molar-refractivity contribution in [2.75, 3.05) is 11.5 Å². The van der Waals surface area contributed by atoms with Gasteiger partial charge in [0, 0.05) is 5.56 Å². The molecule has 1 amide bonds. The highest BCUT2D eigenvalue weighted by atomic mass is 16.5. The van der Waals surface area contributed by atoms with E-state index in [1.54, 1.807) is 60.7 Å². The number of aromatic hydroxyl groups is 1. The van der Waals surface area contributed by atoms with E-state index in [9.17, 15) is 19.8 Å². The van der Waals surface area contributed by atoms with E-state index >= 15 is 0 Å². The summed E-state index contributed by atoms with van der Waals surface area (Å²) in [4.78, 5) is 27.7. The molecule has 1 fully saturated rings. The molecular weight excluding hydrogens is 442 g/mol. The molecule has 1 atom stereocenters. The van der Waals surface area contributed by atoms with Gasteiger partial charge in [-0.05, 0) is 60.9 Å². The van der Waals surface area contributed by atoms with Gasteiger partial charge in [-0.25, -0.2) is 0 Å². The second kappa shape index (κ2) is 10.5. The molecule has 35 heavy (non-hydrogen) atoms. The van der Waals surface area contributed by atoms with Crippen LogP contribution in [0, 0.1) is 6.92 Å². The summed E-state index contributed by atoms with van der Waals surface area (Å²) < 4.78 is 5.74. The van der Waals surface area contributed by atoms with Gasteiger partial charge in [0.1, 0.15) is 17.3 Å². The average Bonchev–Trinajstić information content (AvgIpc) is 3.14. The first kappa shape index (κ1) is 24.1. The standard InChI is InChI=1S/C29H29NO5/c1-3-4-8-17-35-22-14-12-21(13-15-22)27(32)25-26(20-9-6-5-7-10-20)30(29(34)28(25)33)23-18-19(2)11-16-24(23)31/h5-7,9-16,18,26,31-32H,3-4,8,17H2,1-2H3/b27-25+. The van der Waals surface area contributed by atoms with Crippen molar-refractivity contribution in [2.24, 2.45) is 0 Å². The average molecular weight is 472 g/mol. The van der Waals surface area contributed by atoms with Gasteiger partial charge >= 0.3 is 0 Å². The van der Waals surface area contributed by atoms with Crippen LogP contribution < -0.4 is 9.64 Å². The summed E-state index contributed by atoms with van der Waals surface area (Å²) in [6.45, 7) is 4.57. The molecule has 0 saturated carbocycles. The van der Waals surface area contributed by atoms with Crippen LogP contribution in [-0.4, -0.2) is 28.5 Å². The van der Waals surface area contributed by atoms with E-state index in [2.05, 4.69) is 6.92 Å². The highest BCUT2D eigenvalue weighted by Gasteiger charge is 2.47. The Bertz CT molecular complexity index is 1250. The number of benzene rings is 3. The molecule has 1 aliphatic heterocycles. The van der Waals surface area contributed by atoms with Gasteiger partial charge in [0.05, 0.1) is 23.9 Å². The smallest absolute Gasteiger partial charge is 0.300 e. The van der Waals surface area contributed by atoms with Crippen LogP contribution in [0.4, 0.5) is 5.69 Å². The van der Waals surface area contributed by atoms with E-state index in [-0.39, 0.29) is 22.8 Å². The van der Waals surface area contributed by atoms with Gasteiger partial charge in [0.2, 0.25) is 0 Å². The first-order valence-electron chi connectivity index (χ1n) is 11.8. The van der Waals surface area contributed by atoms with Crippen molar-refractivity contribution in [2.45, 2.75) is 39.2 Å². The molecule has 3 aromatic carbocycles. The lowest BCUT2D eigenvalue weighted by Crippen LogP contribution is -2.29. The van der Waals surface area contributed by atoms with E-state index in [0.717, 1.165) is 24.8 Å². The summed E-state index contributed by atoms with van der Waals surface area (Å²) >= 11 is 0. The van der Waals surface area contributed by atoms with Gasteiger partial charge in [-0.3, -0.25) is 14.5 Å². The van der Waals surface area contributed by atoms with Gasteiger partial charge < -0.3 is 14.9 Å². The zero-order chi connectivity index (χ0) is 24.9. The Morgan fingerprint density at radius 1 is 0.971 bits per heavy atom. The van der Waals surface area contributed by atoms with Gasteiger partial charge in [0.25, 0.3) is 11.7 Å². The van der Waals surface area contributed by atoms with Crippen molar-refractivity contribution < 1.29 is 24.5 Å². The van der Waals surface area contributed by atoms with Crippen LogP contribution in [0.2, 0.25) is 0 Å². The highest BCUT2D eigenvalue weighted by Crippen LogP contribution is 2.44. The number of aryl methyl sites for hydroxylation is 1. The normalized spacial score (nSPS) is 17.1. The number of phenolic OH excluding ortho intramolecular Hbond substituents is 1. The number of hydrogen-bond donors (Lipinski definition) is 2. The Kier molecular flexibility index (Phi) is 7.20. The number of carbonyl (C=O) groups is 2. The van der Waals surface area contributed by atoms with Crippen molar-refractivity contribution >= 4 is 23.1 Å². The molecule has 0 spiro atoms. The maximum atomic E-state index is 13.2. The van der Waals surface area contributed by atoms with Crippen molar-refractivity contribution in [1.29, 1.82) is 0 Å². The predicted octanol–water partition coefficient (Wildman–Crippen LogP) is 5.90. The van der Waals surface area contributed by atoms with Crippen LogP contribution in [-0.2, 0) is 9.59 Å². The summed E-state index contributed by atoms with van der Waals surface area (Å²) in [6, 6.07) is 19.8. The third-order valence-electron chi connectivity index (χ3n) is 6.09. The fraction of sp³-hybridized carbons (Fsp3) is 0.241. The number of ether oxygens (including phenoxy) is 1. The minimum absolute atomic E-state index is 0.0290. The van der Waals surface area contributed by atoms with Crippen LogP contribution in [0.25, 0.3) is 5.76 Å². The third kappa shape index (κ3) is 4.92. The Labute approximate surface area is 205 Å². The number of aliphatic hydroxyl groups is 1. The lowest BCUT2D eigenvalue weighted by Gasteiger charge is -2.26. The molecule has 0 radical (unpaired) electrons. The number of hydrogen-bond acceptors (Lipinski definition) is 5. The highest BCUT2D eigenvalue weighted by molar-refractivity contribution is 6.51. The summed E-state index contributed by atoms with van der Waals surface area (Å²) in [5, 5.41) is 21.8. The molecule has 3 aromatic rings. The van der Waals surface area contributed by atoms with Gasteiger partial charge in [0.15, 0.2) is 0 Å². The second-order valence-corrected chi connectivity index (χ2v) is 8.65. The van der Waals surface area contributed by atoms with Crippen molar-refractivity contribution in [3.8, 4) is 11.5 Å². The minimum Gasteiger partial charge on any atom is -0.507 e. The van der Waals surface area contributed by atoms with Crippen LogP contribution >= 0.6 is 0 Å². The molecule has 6 nitrogen and oxygen atoms in total. The molecule has 0 aliphatic carbocycles. The quantitative estimate of drug-likeness (QED) is 0.185. The molecular formula is C29H29NO5. The summed E-state index contributed by atoms with van der Waals surface area (Å²) in [6.07, 6.45) is 3.16. The summed E-state index contributed by atoms with van der Waals surface area (Å²) in [5.74, 6) is -1.34. The number of Topliss-reactive ketones (excluding diaryl/α,β-unsaturated/α-hetero) is 1. The van der Waals surface area contributed by atoms with E-state index < -0.39 is 17.7 Å². The fourth-order valence-corrected chi connectivity index (χ4v) is 4.26. The number of phenols is 1. The number of amides is 1. The molecule has 180 valence electrons.